The quantitative estimate of drug-likeness (QED) is 0.757. The SMILES string of the molecule is Cc1ccc(SCCN(C)C(=O)c2ccnc(C(C)C)n2)cc1. The molecule has 0 aliphatic heterocycles. The van der Waals surface area contributed by atoms with E-state index < -0.39 is 0 Å². The molecule has 0 saturated carbocycles. The molecule has 1 aromatic carbocycles. The molecule has 0 N–H and O–H groups in total. The van der Waals surface area contributed by atoms with Crippen molar-refractivity contribution in [2.45, 2.75) is 31.6 Å². The van der Waals surface area contributed by atoms with Crippen molar-refractivity contribution in [1.82, 2.24) is 14.9 Å². The number of benzene rings is 1. The van der Waals surface area contributed by atoms with Crippen molar-refractivity contribution in [3.05, 3.63) is 53.6 Å². The fourth-order valence-electron chi connectivity index (χ4n) is 2.00. The number of aromatic nitrogens is 2. The van der Waals surface area contributed by atoms with Crippen molar-refractivity contribution in [1.29, 1.82) is 0 Å². The minimum atomic E-state index is -0.0567. The first kappa shape index (κ1) is 17.5. The van der Waals surface area contributed by atoms with Gasteiger partial charge in [0.2, 0.25) is 0 Å². The zero-order valence-corrected chi connectivity index (χ0v) is 14.9. The van der Waals surface area contributed by atoms with Crippen LogP contribution < -0.4 is 0 Å². The van der Waals surface area contributed by atoms with Crippen LogP contribution in [0.4, 0.5) is 0 Å². The molecule has 2 rings (SSSR count). The normalized spacial score (nSPS) is 10.8. The van der Waals surface area contributed by atoms with E-state index in [1.165, 1.54) is 10.5 Å². The minimum absolute atomic E-state index is 0.0567. The Morgan fingerprint density at radius 3 is 2.57 bits per heavy atom. The Balaban J connectivity index is 1.89. The molecule has 4 nitrogen and oxygen atoms in total. The molecule has 0 fully saturated rings. The topological polar surface area (TPSA) is 46.1 Å². The van der Waals surface area contributed by atoms with Crippen LogP contribution in [-0.4, -0.2) is 40.1 Å². The summed E-state index contributed by atoms with van der Waals surface area (Å²) in [5.74, 6) is 1.72. The number of rotatable bonds is 6. The second kappa shape index (κ2) is 8.11. The zero-order valence-electron chi connectivity index (χ0n) is 14.1. The summed E-state index contributed by atoms with van der Waals surface area (Å²) < 4.78 is 0. The fourth-order valence-corrected chi connectivity index (χ4v) is 2.93. The number of hydrogen-bond acceptors (Lipinski definition) is 4. The summed E-state index contributed by atoms with van der Waals surface area (Å²) >= 11 is 1.75. The zero-order chi connectivity index (χ0) is 16.8. The number of amides is 1. The van der Waals surface area contributed by atoms with E-state index in [2.05, 4.69) is 41.2 Å². The van der Waals surface area contributed by atoms with E-state index in [4.69, 9.17) is 0 Å². The molecule has 1 heterocycles. The van der Waals surface area contributed by atoms with Gasteiger partial charge in [-0.1, -0.05) is 31.5 Å². The molecule has 1 amide bonds. The molecule has 0 spiro atoms. The second-order valence-corrected chi connectivity index (χ2v) is 7.01. The van der Waals surface area contributed by atoms with Gasteiger partial charge in [-0.3, -0.25) is 4.79 Å². The number of thioether (sulfide) groups is 1. The maximum Gasteiger partial charge on any atom is 0.272 e. The summed E-state index contributed by atoms with van der Waals surface area (Å²) in [6.45, 7) is 6.80. The summed E-state index contributed by atoms with van der Waals surface area (Å²) in [5.41, 5.74) is 1.72. The molecule has 0 radical (unpaired) electrons. The molecule has 122 valence electrons. The smallest absolute Gasteiger partial charge is 0.272 e. The van der Waals surface area contributed by atoms with E-state index in [0.29, 0.717) is 18.1 Å². The number of hydrogen-bond donors (Lipinski definition) is 0. The van der Waals surface area contributed by atoms with Crippen LogP contribution in [-0.2, 0) is 0 Å². The first-order valence-corrected chi connectivity index (χ1v) is 8.74. The Morgan fingerprint density at radius 2 is 1.91 bits per heavy atom. The first-order valence-electron chi connectivity index (χ1n) is 7.75. The second-order valence-electron chi connectivity index (χ2n) is 5.84. The molecule has 0 unspecified atom stereocenters. The van der Waals surface area contributed by atoms with Crippen molar-refractivity contribution in [3.63, 3.8) is 0 Å². The van der Waals surface area contributed by atoms with Crippen LogP contribution in [0.25, 0.3) is 0 Å². The van der Waals surface area contributed by atoms with Crippen molar-refractivity contribution < 1.29 is 4.79 Å². The largest absolute Gasteiger partial charge is 0.340 e. The standard InChI is InChI=1S/C18H23N3OS/c1-13(2)17-19-10-9-16(20-17)18(22)21(4)11-12-23-15-7-5-14(3)6-8-15/h5-10,13H,11-12H2,1-4H3. The van der Waals surface area contributed by atoms with E-state index >= 15 is 0 Å². The van der Waals surface area contributed by atoms with Gasteiger partial charge in [0.05, 0.1) is 0 Å². The molecule has 23 heavy (non-hydrogen) atoms. The molecule has 0 bridgehead atoms. The van der Waals surface area contributed by atoms with Crippen molar-refractivity contribution in [2.24, 2.45) is 0 Å². The molecule has 0 atom stereocenters. The van der Waals surface area contributed by atoms with Gasteiger partial charge in [-0.05, 0) is 25.1 Å². The van der Waals surface area contributed by atoms with Gasteiger partial charge < -0.3 is 4.90 Å². The summed E-state index contributed by atoms with van der Waals surface area (Å²) in [6.07, 6.45) is 1.66. The van der Waals surface area contributed by atoms with Gasteiger partial charge in [0.15, 0.2) is 0 Å². The van der Waals surface area contributed by atoms with Crippen molar-refractivity contribution in [2.75, 3.05) is 19.3 Å². The molecule has 5 heteroatoms. The third-order valence-corrected chi connectivity index (χ3v) is 4.47. The number of carbonyl (C=O) groups is 1. The third kappa shape index (κ3) is 5.06. The maximum absolute atomic E-state index is 12.4. The van der Waals surface area contributed by atoms with E-state index in [1.54, 1.807) is 28.9 Å². The number of nitrogens with zero attached hydrogens (tertiary/aromatic N) is 3. The number of aryl methyl sites for hydroxylation is 1. The first-order chi connectivity index (χ1) is 11.0. The molecular weight excluding hydrogens is 306 g/mol. The highest BCUT2D eigenvalue weighted by molar-refractivity contribution is 7.99. The van der Waals surface area contributed by atoms with Gasteiger partial charge in [-0.2, -0.15) is 0 Å². The monoisotopic (exact) mass is 329 g/mol. The van der Waals surface area contributed by atoms with Crippen LogP contribution in [0.2, 0.25) is 0 Å². The van der Waals surface area contributed by atoms with E-state index in [0.717, 1.165) is 5.75 Å². The molecule has 0 saturated heterocycles. The summed E-state index contributed by atoms with van der Waals surface area (Å²) in [7, 11) is 1.81. The Bertz CT molecular complexity index is 656. The van der Waals surface area contributed by atoms with E-state index in [9.17, 15) is 4.79 Å². The molecule has 1 aromatic heterocycles. The molecule has 2 aromatic rings. The van der Waals surface area contributed by atoms with Crippen LogP contribution in [0.3, 0.4) is 0 Å². The average Bonchev–Trinajstić information content (AvgIpc) is 2.56. The average molecular weight is 329 g/mol. The van der Waals surface area contributed by atoms with Gasteiger partial charge in [-0.15, -0.1) is 11.8 Å². The Kier molecular flexibility index (Phi) is 6.16. The predicted octanol–water partition coefficient (Wildman–Crippen LogP) is 3.77. The van der Waals surface area contributed by atoms with Gasteiger partial charge in [0.25, 0.3) is 5.91 Å². The van der Waals surface area contributed by atoms with Crippen molar-refractivity contribution >= 4 is 17.7 Å². The highest BCUT2D eigenvalue weighted by Gasteiger charge is 2.14. The molecule has 0 aliphatic rings. The summed E-state index contributed by atoms with van der Waals surface area (Å²) in [4.78, 5) is 23.9. The third-order valence-electron chi connectivity index (χ3n) is 3.47. The Labute approximate surface area is 142 Å². The van der Waals surface area contributed by atoms with Gasteiger partial charge in [0, 0.05) is 36.4 Å². The minimum Gasteiger partial charge on any atom is -0.340 e. The highest BCUT2D eigenvalue weighted by atomic mass is 32.2. The van der Waals surface area contributed by atoms with Crippen LogP contribution in [0.15, 0.2) is 41.4 Å². The fraction of sp³-hybridized carbons (Fsp3) is 0.389. The van der Waals surface area contributed by atoms with E-state index in [-0.39, 0.29) is 11.8 Å². The lowest BCUT2D eigenvalue weighted by Gasteiger charge is -2.17. The molecule has 0 aliphatic carbocycles. The van der Waals surface area contributed by atoms with Crippen molar-refractivity contribution in [3.8, 4) is 0 Å². The van der Waals surface area contributed by atoms with Gasteiger partial charge >= 0.3 is 0 Å². The van der Waals surface area contributed by atoms with Crippen LogP contribution >= 0.6 is 11.8 Å². The maximum atomic E-state index is 12.4. The van der Waals surface area contributed by atoms with Gasteiger partial charge in [-0.25, -0.2) is 9.97 Å². The molecular formula is C18H23N3OS. The Hall–Kier alpha value is -1.88. The van der Waals surface area contributed by atoms with E-state index in [1.807, 2.05) is 20.9 Å². The van der Waals surface area contributed by atoms with Crippen LogP contribution in [0, 0.1) is 6.92 Å². The lowest BCUT2D eigenvalue weighted by molar-refractivity contribution is 0.0797. The summed E-state index contributed by atoms with van der Waals surface area (Å²) in [6, 6.07) is 10.1. The van der Waals surface area contributed by atoms with Crippen LogP contribution in [0.1, 0.15) is 41.6 Å². The Morgan fingerprint density at radius 1 is 1.22 bits per heavy atom. The van der Waals surface area contributed by atoms with Gasteiger partial charge in [0.1, 0.15) is 11.5 Å². The lowest BCUT2D eigenvalue weighted by Crippen LogP contribution is -2.30. The van der Waals surface area contributed by atoms with Crippen LogP contribution in [0.5, 0.6) is 0 Å². The summed E-state index contributed by atoms with van der Waals surface area (Å²) in [5, 5.41) is 0. The number of carbonyl (C=O) groups excluding carboxylic acids is 1. The predicted molar refractivity (Wildman–Crippen MR) is 95.0 cm³/mol. The lowest BCUT2D eigenvalue weighted by atomic mass is 10.2. The highest BCUT2D eigenvalue weighted by Crippen LogP contribution is 2.18.